The molecule has 1 aliphatic carbocycles. The Morgan fingerprint density at radius 2 is 1.68 bits per heavy atom. The second kappa shape index (κ2) is 8.84. The highest BCUT2D eigenvalue weighted by Gasteiger charge is 2.39. The lowest BCUT2D eigenvalue weighted by atomic mass is 9.73. The fourth-order valence-corrected chi connectivity index (χ4v) is 4.57. The van der Waals surface area contributed by atoms with Crippen molar-refractivity contribution in [3.8, 4) is 17.2 Å². The normalized spacial score (nSPS) is 20.7. The molecular formula is C25H27NO5. The number of rotatable bonds is 6. The molecule has 0 saturated carbocycles. The van der Waals surface area contributed by atoms with Gasteiger partial charge in [-0.15, -0.1) is 0 Å². The van der Waals surface area contributed by atoms with Crippen LogP contribution in [0.5, 0.6) is 17.2 Å². The van der Waals surface area contributed by atoms with E-state index in [0.717, 1.165) is 22.6 Å². The number of carbonyl (C=O) groups is 2. The van der Waals surface area contributed by atoms with Crippen LogP contribution in [-0.2, 0) is 9.59 Å². The van der Waals surface area contributed by atoms with Crippen molar-refractivity contribution in [2.24, 2.45) is 0 Å². The van der Waals surface area contributed by atoms with E-state index in [1.54, 1.807) is 20.3 Å². The van der Waals surface area contributed by atoms with E-state index in [9.17, 15) is 9.59 Å². The average molecular weight is 421 g/mol. The summed E-state index contributed by atoms with van der Waals surface area (Å²) in [6.07, 6.45) is 1.26. The van der Waals surface area contributed by atoms with E-state index in [0.29, 0.717) is 36.5 Å². The van der Waals surface area contributed by atoms with Crippen molar-refractivity contribution in [3.05, 3.63) is 64.9 Å². The molecule has 1 heterocycles. The Bertz CT molecular complexity index is 1020. The van der Waals surface area contributed by atoms with Crippen LogP contribution in [0.2, 0.25) is 0 Å². The lowest BCUT2D eigenvalue weighted by Gasteiger charge is -2.35. The van der Waals surface area contributed by atoms with Crippen LogP contribution >= 0.6 is 0 Å². The van der Waals surface area contributed by atoms with Gasteiger partial charge >= 0.3 is 0 Å². The van der Waals surface area contributed by atoms with Crippen molar-refractivity contribution < 1.29 is 23.8 Å². The number of allylic oxidation sites excluding steroid dienone is 2. The third kappa shape index (κ3) is 4.15. The van der Waals surface area contributed by atoms with Gasteiger partial charge in [0, 0.05) is 41.7 Å². The van der Waals surface area contributed by atoms with E-state index in [-0.39, 0.29) is 29.9 Å². The van der Waals surface area contributed by atoms with Crippen molar-refractivity contribution >= 4 is 11.7 Å². The molecule has 31 heavy (non-hydrogen) atoms. The quantitative estimate of drug-likeness (QED) is 0.760. The van der Waals surface area contributed by atoms with Gasteiger partial charge in [-0.1, -0.05) is 18.2 Å². The van der Waals surface area contributed by atoms with Crippen LogP contribution in [0, 0.1) is 0 Å². The summed E-state index contributed by atoms with van der Waals surface area (Å²) in [5, 5.41) is 2.97. The summed E-state index contributed by atoms with van der Waals surface area (Å²) in [6, 6.07) is 13.4. The molecule has 0 saturated heterocycles. The third-order valence-electron chi connectivity index (χ3n) is 6.01. The van der Waals surface area contributed by atoms with Crippen LogP contribution < -0.4 is 19.5 Å². The van der Waals surface area contributed by atoms with Crippen molar-refractivity contribution in [3.63, 3.8) is 0 Å². The molecule has 0 aromatic heterocycles. The summed E-state index contributed by atoms with van der Waals surface area (Å²) < 4.78 is 16.4. The molecule has 6 nitrogen and oxygen atoms in total. The summed E-state index contributed by atoms with van der Waals surface area (Å²) in [6.45, 7) is 2.56. The molecule has 4 rings (SSSR count). The standard InChI is InChI=1S/C25H27NO5/c1-4-31-17-7-5-15(6-8-17)16-11-21-25(22(27)12-16)20(14-24(28)26-21)19-10-9-18(29-2)13-23(19)30-3/h5-10,13,16,20H,4,11-12,14H2,1-3H3,(H,26,28). The summed E-state index contributed by atoms with van der Waals surface area (Å²) in [7, 11) is 3.18. The maximum absolute atomic E-state index is 13.3. The van der Waals surface area contributed by atoms with Crippen molar-refractivity contribution in [1.82, 2.24) is 5.32 Å². The molecule has 0 fully saturated rings. The lowest BCUT2D eigenvalue weighted by Crippen LogP contribution is -2.38. The monoisotopic (exact) mass is 421 g/mol. The minimum atomic E-state index is -0.321. The molecule has 2 aromatic carbocycles. The van der Waals surface area contributed by atoms with Gasteiger partial charge in [0.15, 0.2) is 5.78 Å². The van der Waals surface area contributed by atoms with Gasteiger partial charge in [-0.3, -0.25) is 9.59 Å². The third-order valence-corrected chi connectivity index (χ3v) is 6.01. The second-order valence-corrected chi connectivity index (χ2v) is 7.84. The Kier molecular flexibility index (Phi) is 5.98. The Hall–Kier alpha value is -3.28. The zero-order chi connectivity index (χ0) is 22.0. The van der Waals surface area contributed by atoms with Gasteiger partial charge in [-0.2, -0.15) is 0 Å². The molecule has 1 amide bonds. The number of methoxy groups -OCH3 is 2. The highest BCUT2D eigenvalue weighted by molar-refractivity contribution is 6.02. The van der Waals surface area contributed by atoms with Gasteiger partial charge in [0.1, 0.15) is 17.2 Å². The maximum Gasteiger partial charge on any atom is 0.225 e. The highest BCUT2D eigenvalue weighted by atomic mass is 16.5. The molecule has 0 radical (unpaired) electrons. The molecule has 1 N–H and O–H groups in total. The number of nitrogens with one attached hydrogen (secondary N) is 1. The largest absolute Gasteiger partial charge is 0.497 e. The molecule has 2 unspecified atom stereocenters. The molecule has 2 aromatic rings. The average Bonchev–Trinajstić information content (AvgIpc) is 2.78. The topological polar surface area (TPSA) is 73.9 Å². The van der Waals surface area contributed by atoms with Crippen LogP contribution in [0.1, 0.15) is 49.1 Å². The molecule has 1 aliphatic heterocycles. The summed E-state index contributed by atoms with van der Waals surface area (Å²) >= 11 is 0. The van der Waals surface area contributed by atoms with Crippen LogP contribution in [0.4, 0.5) is 0 Å². The fraction of sp³-hybridized carbons (Fsp3) is 0.360. The molecule has 2 aliphatic rings. The smallest absolute Gasteiger partial charge is 0.225 e. The number of ketones is 1. The predicted molar refractivity (Wildman–Crippen MR) is 117 cm³/mol. The molecule has 0 bridgehead atoms. The van der Waals surface area contributed by atoms with Crippen molar-refractivity contribution in [1.29, 1.82) is 0 Å². The lowest BCUT2D eigenvalue weighted by molar-refractivity contribution is -0.122. The minimum Gasteiger partial charge on any atom is -0.497 e. The molecule has 2 atom stereocenters. The Morgan fingerprint density at radius 3 is 2.35 bits per heavy atom. The Labute approximate surface area is 182 Å². The number of Topliss-reactive ketones (excluding diaryl/α,β-unsaturated/α-hetero) is 1. The number of hydrogen-bond donors (Lipinski definition) is 1. The first-order chi connectivity index (χ1) is 15.0. The summed E-state index contributed by atoms with van der Waals surface area (Å²) in [5.41, 5.74) is 3.33. The van der Waals surface area contributed by atoms with E-state index < -0.39 is 0 Å². The van der Waals surface area contributed by atoms with Crippen LogP contribution in [-0.4, -0.2) is 32.5 Å². The molecular weight excluding hydrogens is 394 g/mol. The van der Waals surface area contributed by atoms with Crippen LogP contribution in [0.25, 0.3) is 0 Å². The van der Waals surface area contributed by atoms with E-state index in [4.69, 9.17) is 14.2 Å². The predicted octanol–water partition coefficient (Wildman–Crippen LogP) is 4.11. The molecule has 6 heteroatoms. The van der Waals surface area contributed by atoms with Gasteiger partial charge in [-0.05, 0) is 43.0 Å². The SMILES string of the molecule is CCOc1ccc(C2CC(=O)C3=C(C2)NC(=O)CC3c2ccc(OC)cc2OC)cc1. The number of amides is 1. The zero-order valence-electron chi connectivity index (χ0n) is 18.1. The number of ether oxygens (including phenoxy) is 3. The van der Waals surface area contributed by atoms with E-state index in [1.807, 2.05) is 43.3 Å². The first-order valence-electron chi connectivity index (χ1n) is 10.5. The number of carbonyl (C=O) groups excluding carboxylic acids is 2. The maximum atomic E-state index is 13.3. The summed E-state index contributed by atoms with van der Waals surface area (Å²) in [5.74, 6) is 1.79. The van der Waals surface area contributed by atoms with E-state index in [1.165, 1.54) is 0 Å². The minimum absolute atomic E-state index is 0.0266. The van der Waals surface area contributed by atoms with Gasteiger partial charge in [0.2, 0.25) is 5.91 Å². The first kappa shape index (κ1) is 21.0. The van der Waals surface area contributed by atoms with Gasteiger partial charge in [-0.25, -0.2) is 0 Å². The van der Waals surface area contributed by atoms with Gasteiger partial charge in [0.25, 0.3) is 0 Å². The summed E-state index contributed by atoms with van der Waals surface area (Å²) in [4.78, 5) is 25.8. The van der Waals surface area contributed by atoms with Crippen LogP contribution in [0.3, 0.4) is 0 Å². The van der Waals surface area contributed by atoms with Crippen LogP contribution in [0.15, 0.2) is 53.7 Å². The molecule has 162 valence electrons. The number of benzene rings is 2. The first-order valence-corrected chi connectivity index (χ1v) is 10.5. The molecule has 0 spiro atoms. The highest BCUT2D eigenvalue weighted by Crippen LogP contribution is 2.45. The fourth-order valence-electron chi connectivity index (χ4n) is 4.57. The second-order valence-electron chi connectivity index (χ2n) is 7.84. The number of hydrogen-bond acceptors (Lipinski definition) is 5. The zero-order valence-corrected chi connectivity index (χ0v) is 18.1. The van der Waals surface area contributed by atoms with E-state index >= 15 is 0 Å². The van der Waals surface area contributed by atoms with Gasteiger partial charge < -0.3 is 19.5 Å². The van der Waals surface area contributed by atoms with Crippen molar-refractivity contribution in [2.75, 3.05) is 20.8 Å². The Morgan fingerprint density at radius 1 is 0.935 bits per heavy atom. The van der Waals surface area contributed by atoms with E-state index in [2.05, 4.69) is 5.32 Å². The van der Waals surface area contributed by atoms with Gasteiger partial charge in [0.05, 0.1) is 20.8 Å². The Balaban J connectivity index is 1.67. The van der Waals surface area contributed by atoms with Crippen molar-refractivity contribution in [2.45, 2.75) is 38.0 Å².